The van der Waals surface area contributed by atoms with Crippen LogP contribution in [0.3, 0.4) is 0 Å². The standard InChI is InChI=1S/C26H24N6O2S/c1-19-17-23(15-16-28-19)30-26(31-27)29-18-20-11-13-22(14-12-20)32-35(33,34)25-10-6-5-9-24(25)21-7-3-2-4-8-21/h2-17,27,32H,18H2,1H3,(H,28,29,30)/p+1. The van der Waals surface area contributed by atoms with Gasteiger partial charge in [0.2, 0.25) is 0 Å². The highest BCUT2D eigenvalue weighted by Crippen LogP contribution is 2.28. The molecular formula is C26H25N6O2S+. The average molecular weight is 486 g/mol. The van der Waals surface area contributed by atoms with Crippen LogP contribution in [0.25, 0.3) is 11.1 Å². The molecule has 4 aromatic rings. The molecule has 0 amide bonds. The first-order chi connectivity index (χ1) is 16.9. The molecule has 9 heteroatoms. The van der Waals surface area contributed by atoms with Gasteiger partial charge in [0.15, 0.2) is 0 Å². The average Bonchev–Trinajstić information content (AvgIpc) is 2.88. The number of sulfonamides is 1. The third kappa shape index (κ3) is 6.11. The van der Waals surface area contributed by atoms with Crippen LogP contribution >= 0.6 is 0 Å². The van der Waals surface area contributed by atoms with E-state index in [4.69, 9.17) is 5.53 Å². The molecule has 8 nitrogen and oxygen atoms in total. The number of aryl methyl sites for hydroxylation is 1. The first kappa shape index (κ1) is 23.7. The fourth-order valence-electron chi connectivity index (χ4n) is 3.52. The molecule has 0 bridgehead atoms. The molecular weight excluding hydrogens is 460 g/mol. The van der Waals surface area contributed by atoms with Crippen molar-refractivity contribution in [1.82, 2.24) is 10.3 Å². The van der Waals surface area contributed by atoms with Gasteiger partial charge in [-0.25, -0.2) is 13.7 Å². The van der Waals surface area contributed by atoms with Crippen molar-refractivity contribution in [3.8, 4) is 11.1 Å². The van der Waals surface area contributed by atoms with Crippen LogP contribution in [0.1, 0.15) is 11.3 Å². The molecule has 0 saturated heterocycles. The lowest BCUT2D eigenvalue weighted by atomic mass is 10.1. The Morgan fingerprint density at radius 1 is 0.914 bits per heavy atom. The van der Waals surface area contributed by atoms with Gasteiger partial charge < -0.3 is 0 Å². The highest BCUT2D eigenvalue weighted by atomic mass is 32.2. The topological polar surface area (TPSA) is 121 Å². The molecule has 0 unspecified atom stereocenters. The zero-order chi connectivity index (χ0) is 24.7. The minimum absolute atomic E-state index is 0.214. The number of pyridine rings is 1. The van der Waals surface area contributed by atoms with Crippen molar-refractivity contribution in [3.63, 3.8) is 0 Å². The van der Waals surface area contributed by atoms with E-state index in [0.717, 1.165) is 22.5 Å². The van der Waals surface area contributed by atoms with E-state index in [2.05, 4.69) is 25.1 Å². The van der Waals surface area contributed by atoms with Crippen molar-refractivity contribution in [3.05, 3.63) is 108 Å². The maximum Gasteiger partial charge on any atom is 0.469 e. The fourth-order valence-corrected chi connectivity index (χ4v) is 4.80. The molecule has 3 aromatic carbocycles. The molecule has 4 rings (SSSR count). The van der Waals surface area contributed by atoms with Crippen molar-refractivity contribution in [2.24, 2.45) is 0 Å². The second kappa shape index (κ2) is 10.6. The molecule has 176 valence electrons. The molecule has 35 heavy (non-hydrogen) atoms. The number of aromatic nitrogens is 1. The highest BCUT2D eigenvalue weighted by Gasteiger charge is 2.19. The molecule has 1 aromatic heterocycles. The Kier molecular flexibility index (Phi) is 7.21. The Balaban J connectivity index is 1.43. The predicted octanol–water partition coefficient (Wildman–Crippen LogP) is 4.65. The maximum atomic E-state index is 13.2. The number of nitrogens with zero attached hydrogens (tertiary/aromatic N) is 2. The van der Waals surface area contributed by atoms with E-state index in [-0.39, 0.29) is 10.9 Å². The predicted molar refractivity (Wildman–Crippen MR) is 137 cm³/mol. The Bertz CT molecular complexity index is 1470. The van der Waals surface area contributed by atoms with E-state index < -0.39 is 10.0 Å². The van der Waals surface area contributed by atoms with Crippen LogP contribution in [0.4, 0.5) is 11.4 Å². The number of hydrogen-bond donors (Lipinski definition) is 4. The van der Waals surface area contributed by atoms with Gasteiger partial charge in [0.1, 0.15) is 5.69 Å². The fraction of sp³-hybridized carbons (Fsp3) is 0.0769. The van der Waals surface area contributed by atoms with Gasteiger partial charge in [0, 0.05) is 23.1 Å². The summed E-state index contributed by atoms with van der Waals surface area (Å²) in [6.45, 7) is 2.28. The summed E-state index contributed by atoms with van der Waals surface area (Å²) in [4.78, 5) is 7.85. The Morgan fingerprint density at radius 3 is 2.34 bits per heavy atom. The maximum absolute atomic E-state index is 13.2. The molecule has 0 fully saturated rings. The lowest BCUT2D eigenvalue weighted by Gasteiger charge is -2.13. The van der Waals surface area contributed by atoms with Crippen LogP contribution in [0.2, 0.25) is 0 Å². The zero-order valence-corrected chi connectivity index (χ0v) is 19.9. The van der Waals surface area contributed by atoms with Crippen LogP contribution in [-0.4, -0.2) is 24.2 Å². The summed E-state index contributed by atoms with van der Waals surface area (Å²) in [6, 6.07) is 27.0. The van der Waals surface area contributed by atoms with E-state index in [1.54, 1.807) is 42.6 Å². The second-order valence-corrected chi connectivity index (χ2v) is 9.44. The monoisotopic (exact) mass is 485 g/mol. The highest BCUT2D eigenvalue weighted by molar-refractivity contribution is 7.92. The number of nitrogens with one attached hydrogen (secondary N) is 4. The molecule has 0 saturated carbocycles. The number of benzene rings is 3. The summed E-state index contributed by atoms with van der Waals surface area (Å²) in [5.41, 5.74) is 11.8. The normalized spacial score (nSPS) is 10.8. The summed E-state index contributed by atoms with van der Waals surface area (Å²) in [6.07, 6.45) is 1.68. The van der Waals surface area contributed by atoms with Crippen LogP contribution < -0.4 is 15.4 Å². The first-order valence-corrected chi connectivity index (χ1v) is 12.4. The minimum atomic E-state index is -3.80. The minimum Gasteiger partial charge on any atom is -0.280 e. The second-order valence-electron chi connectivity index (χ2n) is 7.79. The molecule has 0 aliphatic carbocycles. The van der Waals surface area contributed by atoms with Gasteiger partial charge in [-0.3, -0.25) is 15.0 Å². The number of guanidine groups is 1. The van der Waals surface area contributed by atoms with Crippen molar-refractivity contribution in [1.29, 1.82) is 5.53 Å². The van der Waals surface area contributed by atoms with Crippen molar-refractivity contribution < 1.29 is 13.2 Å². The molecule has 0 spiro atoms. The van der Waals surface area contributed by atoms with Crippen molar-refractivity contribution >= 4 is 27.4 Å². The molecule has 4 N–H and O–H groups in total. The molecule has 0 atom stereocenters. The zero-order valence-electron chi connectivity index (χ0n) is 19.1. The van der Waals surface area contributed by atoms with E-state index in [9.17, 15) is 8.42 Å². The van der Waals surface area contributed by atoms with Gasteiger partial charge in [0.25, 0.3) is 10.0 Å². The lowest BCUT2D eigenvalue weighted by molar-refractivity contribution is -0.123. The van der Waals surface area contributed by atoms with Crippen molar-refractivity contribution in [2.45, 2.75) is 18.4 Å². The van der Waals surface area contributed by atoms with E-state index in [1.807, 2.05) is 61.5 Å². The molecule has 0 radical (unpaired) electrons. The van der Waals surface area contributed by atoms with Crippen LogP contribution in [-0.2, 0) is 16.6 Å². The Hall–Kier alpha value is -4.46. The number of anilines is 2. The molecule has 0 aliphatic rings. The third-order valence-corrected chi connectivity index (χ3v) is 6.64. The third-order valence-electron chi connectivity index (χ3n) is 5.20. The van der Waals surface area contributed by atoms with E-state index in [0.29, 0.717) is 17.8 Å². The first-order valence-electron chi connectivity index (χ1n) is 10.9. The largest absolute Gasteiger partial charge is 0.469 e. The Morgan fingerprint density at radius 2 is 1.63 bits per heavy atom. The number of rotatable bonds is 7. The summed E-state index contributed by atoms with van der Waals surface area (Å²) in [7, 11) is -3.80. The quantitative estimate of drug-likeness (QED) is 0.131. The van der Waals surface area contributed by atoms with Gasteiger partial charge >= 0.3 is 5.96 Å². The van der Waals surface area contributed by atoms with Gasteiger partial charge in [-0.1, -0.05) is 66.2 Å². The van der Waals surface area contributed by atoms with Gasteiger partial charge in [-0.05, 0) is 48.4 Å². The van der Waals surface area contributed by atoms with Gasteiger partial charge in [-0.15, -0.1) is 4.79 Å². The Labute approximate surface area is 204 Å². The lowest BCUT2D eigenvalue weighted by Crippen LogP contribution is -2.31. The van der Waals surface area contributed by atoms with E-state index in [1.165, 1.54) is 0 Å². The molecule has 0 aliphatic heterocycles. The molecule has 1 heterocycles. The van der Waals surface area contributed by atoms with Crippen LogP contribution in [0.5, 0.6) is 0 Å². The SMILES string of the molecule is Cc1cc(NC(=[N+]=N)NCc2ccc(NS(=O)(=O)c3ccccc3-c3ccccc3)cc2)ccn1. The summed E-state index contributed by atoms with van der Waals surface area (Å²) in [5.74, 6) is 0.290. The van der Waals surface area contributed by atoms with E-state index >= 15 is 0 Å². The van der Waals surface area contributed by atoms with Crippen molar-refractivity contribution in [2.75, 3.05) is 10.0 Å². The van der Waals surface area contributed by atoms with Gasteiger partial charge in [0.05, 0.1) is 11.4 Å². The summed E-state index contributed by atoms with van der Waals surface area (Å²) >= 11 is 0. The summed E-state index contributed by atoms with van der Waals surface area (Å²) in [5, 5.41) is 6.10. The smallest absolute Gasteiger partial charge is 0.280 e. The number of hydrogen-bond acceptors (Lipinski definition) is 4. The summed E-state index contributed by atoms with van der Waals surface area (Å²) < 4.78 is 29.0. The van der Waals surface area contributed by atoms with Gasteiger partial charge in [-0.2, -0.15) is 0 Å². The van der Waals surface area contributed by atoms with Crippen LogP contribution in [0, 0.1) is 12.5 Å². The van der Waals surface area contributed by atoms with Crippen LogP contribution in [0.15, 0.2) is 102 Å².